The molecular formula is C23H24N4O2. The van der Waals surface area contributed by atoms with Gasteiger partial charge >= 0.3 is 0 Å². The molecule has 2 aromatic heterocycles. The van der Waals surface area contributed by atoms with Gasteiger partial charge in [-0.2, -0.15) is 4.98 Å². The first-order valence-electron chi connectivity index (χ1n) is 9.69. The van der Waals surface area contributed by atoms with Crippen molar-refractivity contribution in [3.05, 3.63) is 65.5 Å². The van der Waals surface area contributed by atoms with Gasteiger partial charge in [-0.05, 0) is 56.2 Å². The molecule has 29 heavy (non-hydrogen) atoms. The van der Waals surface area contributed by atoms with E-state index in [9.17, 15) is 0 Å². The third-order valence-corrected chi connectivity index (χ3v) is 4.50. The lowest BCUT2D eigenvalue weighted by Crippen LogP contribution is -2.06. The van der Waals surface area contributed by atoms with Gasteiger partial charge in [0.1, 0.15) is 11.6 Å². The lowest BCUT2D eigenvalue weighted by molar-refractivity contribution is 0.242. The van der Waals surface area contributed by atoms with Gasteiger partial charge in [-0.1, -0.05) is 29.4 Å². The summed E-state index contributed by atoms with van der Waals surface area (Å²) in [4.78, 5) is 9.22. The third-order valence-electron chi connectivity index (χ3n) is 4.50. The van der Waals surface area contributed by atoms with Gasteiger partial charge in [0.25, 0.3) is 0 Å². The summed E-state index contributed by atoms with van der Waals surface area (Å²) in [5.74, 6) is 2.65. The molecule has 6 heteroatoms. The number of ether oxygens (including phenoxy) is 1. The van der Waals surface area contributed by atoms with E-state index in [-0.39, 0.29) is 6.10 Å². The minimum atomic E-state index is 0.158. The van der Waals surface area contributed by atoms with Crippen LogP contribution in [0.5, 0.6) is 5.75 Å². The first-order chi connectivity index (χ1) is 14.0. The van der Waals surface area contributed by atoms with Crippen LogP contribution < -0.4 is 10.1 Å². The molecular weight excluding hydrogens is 364 g/mol. The van der Waals surface area contributed by atoms with Crippen molar-refractivity contribution in [1.82, 2.24) is 15.1 Å². The molecule has 2 aromatic carbocycles. The standard InChI is InChI=1S/C23H24N4O2/c1-14(2)28-19-9-6-17(7-10-19)13-24-22-20(23-25-16(4)29-27-23)12-18-8-5-15(3)11-21(18)26-22/h5-12,14H,13H2,1-4H3,(H,24,26). The summed E-state index contributed by atoms with van der Waals surface area (Å²) >= 11 is 0. The number of pyridine rings is 1. The molecule has 4 rings (SSSR count). The summed E-state index contributed by atoms with van der Waals surface area (Å²) in [5, 5.41) is 8.55. The van der Waals surface area contributed by atoms with E-state index >= 15 is 0 Å². The van der Waals surface area contributed by atoms with Gasteiger partial charge < -0.3 is 14.6 Å². The maximum absolute atomic E-state index is 5.71. The van der Waals surface area contributed by atoms with Crippen molar-refractivity contribution in [2.75, 3.05) is 5.32 Å². The minimum Gasteiger partial charge on any atom is -0.491 e. The Morgan fingerprint density at radius 1 is 1.00 bits per heavy atom. The van der Waals surface area contributed by atoms with Gasteiger partial charge in [0.2, 0.25) is 11.7 Å². The third kappa shape index (κ3) is 4.37. The number of fused-ring (bicyclic) bond motifs is 1. The molecule has 0 bridgehead atoms. The fourth-order valence-corrected chi connectivity index (χ4v) is 3.13. The Hall–Kier alpha value is -3.41. The molecule has 4 aromatic rings. The molecule has 0 aliphatic carbocycles. The Kier molecular flexibility index (Phi) is 5.16. The monoisotopic (exact) mass is 388 g/mol. The zero-order valence-corrected chi connectivity index (χ0v) is 17.1. The van der Waals surface area contributed by atoms with Gasteiger partial charge in [-0.25, -0.2) is 4.98 Å². The lowest BCUT2D eigenvalue weighted by atomic mass is 10.1. The molecule has 0 amide bonds. The zero-order chi connectivity index (χ0) is 20.4. The van der Waals surface area contributed by atoms with Crippen LogP contribution in [0.4, 0.5) is 5.82 Å². The summed E-state index contributed by atoms with van der Waals surface area (Å²) in [6, 6.07) is 16.3. The van der Waals surface area contributed by atoms with Crippen LogP contribution in [0.15, 0.2) is 53.1 Å². The average molecular weight is 388 g/mol. The lowest BCUT2D eigenvalue weighted by Gasteiger charge is -2.13. The fraction of sp³-hybridized carbons (Fsp3) is 0.261. The van der Waals surface area contributed by atoms with Crippen molar-refractivity contribution in [1.29, 1.82) is 0 Å². The molecule has 0 fully saturated rings. The maximum Gasteiger partial charge on any atom is 0.223 e. The van der Waals surface area contributed by atoms with Crippen LogP contribution in [0.3, 0.4) is 0 Å². The molecule has 6 nitrogen and oxygen atoms in total. The van der Waals surface area contributed by atoms with Crippen LogP contribution >= 0.6 is 0 Å². The molecule has 0 spiro atoms. The van der Waals surface area contributed by atoms with E-state index in [1.165, 1.54) is 5.56 Å². The van der Waals surface area contributed by atoms with Crippen molar-refractivity contribution >= 4 is 16.7 Å². The molecule has 0 unspecified atom stereocenters. The fourth-order valence-electron chi connectivity index (χ4n) is 3.13. The maximum atomic E-state index is 5.71. The molecule has 2 heterocycles. The smallest absolute Gasteiger partial charge is 0.223 e. The Bertz CT molecular complexity index is 1130. The first-order valence-corrected chi connectivity index (χ1v) is 9.69. The minimum absolute atomic E-state index is 0.158. The van der Waals surface area contributed by atoms with Crippen LogP contribution in [0.1, 0.15) is 30.9 Å². The summed E-state index contributed by atoms with van der Waals surface area (Å²) in [6.07, 6.45) is 0.158. The number of aromatic nitrogens is 3. The topological polar surface area (TPSA) is 73.1 Å². The van der Waals surface area contributed by atoms with E-state index in [1.54, 1.807) is 6.92 Å². The van der Waals surface area contributed by atoms with E-state index in [4.69, 9.17) is 14.2 Å². The van der Waals surface area contributed by atoms with Crippen molar-refractivity contribution in [3.63, 3.8) is 0 Å². The highest BCUT2D eigenvalue weighted by Gasteiger charge is 2.14. The second-order valence-electron chi connectivity index (χ2n) is 7.38. The van der Waals surface area contributed by atoms with Crippen molar-refractivity contribution < 1.29 is 9.26 Å². The number of benzene rings is 2. The number of aryl methyl sites for hydroxylation is 2. The molecule has 1 N–H and O–H groups in total. The van der Waals surface area contributed by atoms with E-state index in [2.05, 4.69) is 40.6 Å². The number of nitrogens with zero attached hydrogens (tertiary/aromatic N) is 3. The number of hydrogen-bond donors (Lipinski definition) is 1. The van der Waals surface area contributed by atoms with E-state index in [1.807, 2.05) is 44.2 Å². The second kappa shape index (κ2) is 7.91. The van der Waals surface area contributed by atoms with Gasteiger partial charge in [0.15, 0.2) is 0 Å². The second-order valence-corrected chi connectivity index (χ2v) is 7.38. The Morgan fingerprint density at radius 3 is 2.48 bits per heavy atom. The summed E-state index contributed by atoms with van der Waals surface area (Å²) in [6.45, 7) is 8.50. The summed E-state index contributed by atoms with van der Waals surface area (Å²) in [7, 11) is 0. The predicted molar refractivity (Wildman–Crippen MR) is 114 cm³/mol. The number of nitrogens with one attached hydrogen (secondary N) is 1. The van der Waals surface area contributed by atoms with Gasteiger partial charge in [-0.3, -0.25) is 0 Å². The largest absolute Gasteiger partial charge is 0.491 e. The molecule has 0 saturated heterocycles. The average Bonchev–Trinajstić information content (AvgIpc) is 3.12. The summed E-state index contributed by atoms with van der Waals surface area (Å²) < 4.78 is 10.9. The number of anilines is 1. The highest BCUT2D eigenvalue weighted by molar-refractivity contribution is 5.88. The molecule has 148 valence electrons. The molecule has 0 atom stereocenters. The number of hydrogen-bond acceptors (Lipinski definition) is 6. The quantitative estimate of drug-likeness (QED) is 0.483. The van der Waals surface area contributed by atoms with Gasteiger partial charge in [0.05, 0.1) is 17.2 Å². The predicted octanol–water partition coefficient (Wildman–Crippen LogP) is 5.30. The summed E-state index contributed by atoms with van der Waals surface area (Å²) in [5.41, 5.74) is 4.04. The van der Waals surface area contributed by atoms with Crippen molar-refractivity contribution in [2.24, 2.45) is 0 Å². The van der Waals surface area contributed by atoms with Crippen molar-refractivity contribution in [2.45, 2.75) is 40.3 Å². The van der Waals surface area contributed by atoms with E-state index in [0.29, 0.717) is 18.3 Å². The zero-order valence-electron chi connectivity index (χ0n) is 17.1. The molecule has 0 saturated carbocycles. The van der Waals surface area contributed by atoms with Crippen LogP contribution in [0, 0.1) is 13.8 Å². The highest BCUT2D eigenvalue weighted by Crippen LogP contribution is 2.29. The first kappa shape index (κ1) is 18.9. The Balaban J connectivity index is 1.64. The van der Waals surface area contributed by atoms with Crippen LogP contribution in [0.25, 0.3) is 22.3 Å². The van der Waals surface area contributed by atoms with Gasteiger partial charge in [0, 0.05) is 18.9 Å². The highest BCUT2D eigenvalue weighted by atomic mass is 16.5. The molecule has 0 radical (unpaired) electrons. The van der Waals surface area contributed by atoms with Crippen molar-refractivity contribution in [3.8, 4) is 17.1 Å². The molecule has 0 aliphatic heterocycles. The SMILES string of the molecule is Cc1ccc2cc(-c3noc(C)n3)c(NCc3ccc(OC(C)C)cc3)nc2c1. The molecule has 0 aliphatic rings. The number of rotatable bonds is 6. The Labute approximate surface area is 169 Å². The van der Waals surface area contributed by atoms with Crippen LogP contribution in [-0.4, -0.2) is 21.2 Å². The normalized spacial score (nSPS) is 11.2. The Morgan fingerprint density at radius 2 is 1.79 bits per heavy atom. The van der Waals surface area contributed by atoms with Crippen LogP contribution in [-0.2, 0) is 6.54 Å². The van der Waals surface area contributed by atoms with E-state index in [0.717, 1.165) is 33.6 Å². The van der Waals surface area contributed by atoms with Gasteiger partial charge in [-0.15, -0.1) is 0 Å². The van der Waals surface area contributed by atoms with Crippen LogP contribution in [0.2, 0.25) is 0 Å². The van der Waals surface area contributed by atoms with E-state index < -0.39 is 0 Å².